The number of nitrogens with zero attached hydrogens (tertiary/aromatic N) is 5. The molecule has 2 aromatic rings. The van der Waals surface area contributed by atoms with E-state index in [2.05, 4.69) is 28.8 Å². The van der Waals surface area contributed by atoms with Gasteiger partial charge in [0.05, 0.1) is 16.9 Å². The number of rotatable bonds is 5. The maximum atomic E-state index is 12.3. The summed E-state index contributed by atoms with van der Waals surface area (Å²) in [5, 5.41) is 6.51. The third kappa shape index (κ3) is 3.84. The van der Waals surface area contributed by atoms with Crippen LogP contribution in [0.5, 0.6) is 0 Å². The lowest BCUT2D eigenvalue weighted by Gasteiger charge is -2.34. The quantitative estimate of drug-likeness (QED) is 0.827. The van der Waals surface area contributed by atoms with Crippen molar-refractivity contribution in [2.45, 2.75) is 33.2 Å². The summed E-state index contributed by atoms with van der Waals surface area (Å²) in [5.74, 6) is 0.247. The predicted octanol–water partition coefficient (Wildman–Crippen LogP) is 1.77. The van der Waals surface area contributed by atoms with E-state index >= 15 is 0 Å². The molecule has 1 aliphatic heterocycles. The Morgan fingerprint density at radius 1 is 1.25 bits per heavy atom. The fraction of sp³-hybridized carbons (Fsp3) is 0.588. The Labute approximate surface area is 147 Å². The van der Waals surface area contributed by atoms with Crippen LogP contribution in [0.4, 0.5) is 0 Å². The first-order chi connectivity index (χ1) is 11.5. The van der Waals surface area contributed by atoms with Crippen molar-refractivity contribution >= 4 is 17.2 Å². The van der Waals surface area contributed by atoms with Crippen molar-refractivity contribution in [2.75, 3.05) is 26.2 Å². The van der Waals surface area contributed by atoms with Gasteiger partial charge in [0, 0.05) is 62.8 Å². The van der Waals surface area contributed by atoms with Gasteiger partial charge < -0.3 is 4.90 Å². The molecular formula is C17H25N5OS. The zero-order chi connectivity index (χ0) is 17.1. The smallest absolute Gasteiger partial charge is 0.223 e. The van der Waals surface area contributed by atoms with Crippen LogP contribution in [0.15, 0.2) is 10.9 Å². The van der Waals surface area contributed by atoms with Gasteiger partial charge in [-0.25, -0.2) is 4.98 Å². The van der Waals surface area contributed by atoms with E-state index in [4.69, 9.17) is 0 Å². The number of carbonyl (C=O) groups is 1. The van der Waals surface area contributed by atoms with Crippen LogP contribution in [-0.2, 0) is 24.8 Å². The molecule has 130 valence electrons. The Morgan fingerprint density at radius 2 is 2.00 bits per heavy atom. The highest BCUT2D eigenvalue weighted by Crippen LogP contribution is 2.16. The average Bonchev–Trinajstić information content (AvgIpc) is 3.18. The van der Waals surface area contributed by atoms with Crippen LogP contribution >= 0.6 is 11.3 Å². The van der Waals surface area contributed by atoms with Crippen LogP contribution in [0, 0.1) is 13.8 Å². The average molecular weight is 347 g/mol. The fourth-order valence-electron chi connectivity index (χ4n) is 3.18. The number of aryl methyl sites for hydroxylation is 3. The van der Waals surface area contributed by atoms with Gasteiger partial charge in [0.2, 0.25) is 5.91 Å². The van der Waals surface area contributed by atoms with Crippen LogP contribution in [0.3, 0.4) is 0 Å². The first kappa shape index (κ1) is 17.1. The second-order valence-corrected chi connectivity index (χ2v) is 7.13. The highest BCUT2D eigenvalue weighted by molar-refractivity contribution is 7.07. The summed E-state index contributed by atoms with van der Waals surface area (Å²) < 4.78 is 1.95. The normalized spacial score (nSPS) is 15.9. The van der Waals surface area contributed by atoms with Gasteiger partial charge in [-0.15, -0.1) is 11.3 Å². The summed E-state index contributed by atoms with van der Waals surface area (Å²) in [5.41, 5.74) is 6.50. The Kier molecular flexibility index (Phi) is 5.30. The Hall–Kier alpha value is -1.73. The number of hydrogen-bond acceptors (Lipinski definition) is 5. The lowest BCUT2D eigenvalue weighted by atomic mass is 10.1. The molecule has 7 heteroatoms. The molecule has 1 amide bonds. The van der Waals surface area contributed by atoms with E-state index in [0.717, 1.165) is 50.5 Å². The molecule has 24 heavy (non-hydrogen) atoms. The predicted molar refractivity (Wildman–Crippen MR) is 95.0 cm³/mol. The first-order valence-electron chi connectivity index (χ1n) is 8.41. The SMILES string of the molecule is Cc1nn(C)c(C)c1CN1CCN(C(=O)CCc2cscn2)CC1. The molecule has 0 bridgehead atoms. The third-order valence-electron chi connectivity index (χ3n) is 4.84. The van der Waals surface area contributed by atoms with Gasteiger partial charge in [0.25, 0.3) is 0 Å². The molecule has 3 heterocycles. The highest BCUT2D eigenvalue weighted by atomic mass is 32.1. The van der Waals surface area contributed by atoms with Gasteiger partial charge >= 0.3 is 0 Å². The third-order valence-corrected chi connectivity index (χ3v) is 5.48. The Balaban J connectivity index is 1.47. The topological polar surface area (TPSA) is 54.3 Å². The summed E-state index contributed by atoms with van der Waals surface area (Å²) in [6.45, 7) is 8.59. The van der Waals surface area contributed by atoms with Crippen molar-refractivity contribution in [1.29, 1.82) is 0 Å². The van der Waals surface area contributed by atoms with Crippen molar-refractivity contribution in [3.63, 3.8) is 0 Å². The van der Waals surface area contributed by atoms with Crippen molar-refractivity contribution in [1.82, 2.24) is 24.6 Å². The number of carbonyl (C=O) groups excluding carboxylic acids is 1. The van der Waals surface area contributed by atoms with E-state index in [9.17, 15) is 4.79 Å². The molecule has 0 unspecified atom stereocenters. The minimum atomic E-state index is 0.247. The second-order valence-electron chi connectivity index (χ2n) is 6.41. The molecule has 6 nitrogen and oxygen atoms in total. The molecule has 0 saturated carbocycles. The molecule has 0 radical (unpaired) electrons. The van der Waals surface area contributed by atoms with Gasteiger partial charge in [-0.3, -0.25) is 14.4 Å². The van der Waals surface area contributed by atoms with Crippen molar-refractivity contribution in [2.24, 2.45) is 7.05 Å². The molecule has 0 atom stereocenters. The minimum absolute atomic E-state index is 0.247. The highest BCUT2D eigenvalue weighted by Gasteiger charge is 2.22. The van der Waals surface area contributed by atoms with E-state index in [0.29, 0.717) is 6.42 Å². The summed E-state index contributed by atoms with van der Waals surface area (Å²) in [6.07, 6.45) is 1.31. The number of hydrogen-bond donors (Lipinski definition) is 0. The van der Waals surface area contributed by atoms with Gasteiger partial charge in [-0.05, 0) is 20.3 Å². The number of amides is 1. The molecular weight excluding hydrogens is 322 g/mol. The van der Waals surface area contributed by atoms with Gasteiger partial charge in [0.1, 0.15) is 0 Å². The van der Waals surface area contributed by atoms with Crippen molar-refractivity contribution in [3.05, 3.63) is 33.5 Å². The maximum Gasteiger partial charge on any atom is 0.223 e. The molecule has 0 aromatic carbocycles. The molecule has 0 N–H and O–H groups in total. The largest absolute Gasteiger partial charge is 0.340 e. The molecule has 1 saturated heterocycles. The molecule has 0 spiro atoms. The molecule has 2 aromatic heterocycles. The number of piperazine rings is 1. The maximum absolute atomic E-state index is 12.3. The molecule has 3 rings (SSSR count). The van der Waals surface area contributed by atoms with Crippen LogP contribution in [0.2, 0.25) is 0 Å². The molecule has 0 aliphatic carbocycles. The monoisotopic (exact) mass is 347 g/mol. The van der Waals surface area contributed by atoms with Crippen molar-refractivity contribution in [3.8, 4) is 0 Å². The summed E-state index contributed by atoms with van der Waals surface area (Å²) >= 11 is 1.58. The second kappa shape index (κ2) is 7.44. The zero-order valence-electron chi connectivity index (χ0n) is 14.7. The summed E-state index contributed by atoms with van der Waals surface area (Å²) in [4.78, 5) is 21.0. The van der Waals surface area contributed by atoms with Crippen LogP contribution in [0.25, 0.3) is 0 Å². The first-order valence-corrected chi connectivity index (χ1v) is 9.35. The van der Waals surface area contributed by atoms with E-state index < -0.39 is 0 Å². The van der Waals surface area contributed by atoms with E-state index in [1.54, 1.807) is 11.3 Å². The molecule has 1 fully saturated rings. The summed E-state index contributed by atoms with van der Waals surface area (Å²) in [7, 11) is 1.99. The molecule has 1 aliphatic rings. The minimum Gasteiger partial charge on any atom is -0.340 e. The zero-order valence-corrected chi connectivity index (χ0v) is 15.5. The van der Waals surface area contributed by atoms with Gasteiger partial charge in [-0.1, -0.05) is 0 Å². The number of aromatic nitrogens is 3. The lowest BCUT2D eigenvalue weighted by Crippen LogP contribution is -2.48. The Morgan fingerprint density at radius 3 is 2.58 bits per heavy atom. The van der Waals surface area contributed by atoms with E-state index in [1.165, 1.54) is 11.3 Å². The fourth-order valence-corrected chi connectivity index (χ4v) is 3.77. The summed E-state index contributed by atoms with van der Waals surface area (Å²) in [6, 6.07) is 0. The van der Waals surface area contributed by atoms with E-state index in [-0.39, 0.29) is 5.91 Å². The van der Waals surface area contributed by atoms with Crippen LogP contribution < -0.4 is 0 Å². The Bertz CT molecular complexity index is 686. The van der Waals surface area contributed by atoms with Gasteiger partial charge in [0.15, 0.2) is 0 Å². The number of thiazole rings is 1. The van der Waals surface area contributed by atoms with E-state index in [1.807, 2.05) is 27.5 Å². The van der Waals surface area contributed by atoms with Crippen LogP contribution in [0.1, 0.15) is 29.1 Å². The van der Waals surface area contributed by atoms with Gasteiger partial charge in [-0.2, -0.15) is 5.10 Å². The standard InChI is InChI=1S/C17H25N5OS/c1-13-16(14(2)20(3)19-13)10-21-6-8-22(9-7-21)17(23)5-4-15-11-24-12-18-15/h11-12H,4-10H2,1-3H3. The lowest BCUT2D eigenvalue weighted by molar-refractivity contribution is -0.133. The van der Waals surface area contributed by atoms with Crippen LogP contribution in [-0.4, -0.2) is 56.7 Å². The van der Waals surface area contributed by atoms with Crippen molar-refractivity contribution < 1.29 is 4.79 Å².